The molecule has 0 fully saturated rings. The Morgan fingerprint density at radius 3 is 2.68 bits per heavy atom. The fourth-order valence-electron chi connectivity index (χ4n) is 2.37. The first kappa shape index (κ1) is 16.7. The molecule has 6 heteroatoms. The van der Waals surface area contributed by atoms with Gasteiger partial charge in [0.15, 0.2) is 5.13 Å². The van der Waals surface area contributed by atoms with Crippen LogP contribution in [-0.4, -0.2) is 27.5 Å². The highest BCUT2D eigenvalue weighted by molar-refractivity contribution is 7.12. The average Bonchev–Trinajstić information content (AvgIpc) is 3.06. The molecule has 0 bridgehead atoms. The normalized spacial score (nSPS) is 14.1. The smallest absolute Gasteiger partial charge is 0.253 e. The fourth-order valence-corrected chi connectivity index (χ4v) is 3.12. The van der Waals surface area contributed by atoms with Gasteiger partial charge < -0.3 is 11.1 Å². The number of carbonyl (C=O) groups excluding carboxylic acids is 1. The van der Waals surface area contributed by atoms with E-state index in [1.54, 1.807) is 17.5 Å². The Labute approximate surface area is 135 Å². The summed E-state index contributed by atoms with van der Waals surface area (Å²) in [7, 11) is 0. The number of nitrogens with zero attached hydrogens (tertiary/aromatic N) is 2. The summed E-state index contributed by atoms with van der Waals surface area (Å²) >= 11 is 1.55. The first-order valence-electron chi connectivity index (χ1n) is 7.41. The summed E-state index contributed by atoms with van der Waals surface area (Å²) in [6, 6.07) is 1.91. The number of aryl methyl sites for hydroxylation is 1. The largest absolute Gasteiger partial charge is 0.345 e. The van der Waals surface area contributed by atoms with Crippen LogP contribution >= 0.6 is 11.3 Å². The lowest BCUT2D eigenvalue weighted by molar-refractivity contribution is 0.0882. The summed E-state index contributed by atoms with van der Waals surface area (Å²) in [5, 5.41) is 5.89. The minimum Gasteiger partial charge on any atom is -0.345 e. The second-order valence-electron chi connectivity index (χ2n) is 6.17. The monoisotopic (exact) mass is 320 g/mol. The van der Waals surface area contributed by atoms with E-state index in [1.807, 2.05) is 36.8 Å². The number of hydrogen-bond acceptors (Lipinski definition) is 4. The Balaban J connectivity index is 2.34. The first-order valence-corrected chi connectivity index (χ1v) is 8.29. The summed E-state index contributed by atoms with van der Waals surface area (Å²) in [4.78, 5) is 17.0. The third-order valence-electron chi connectivity index (χ3n) is 4.38. The molecule has 2 rings (SSSR count). The van der Waals surface area contributed by atoms with Gasteiger partial charge in [-0.2, -0.15) is 0 Å². The van der Waals surface area contributed by atoms with E-state index in [0.717, 1.165) is 16.5 Å². The molecule has 0 aromatic carbocycles. The molecule has 0 radical (unpaired) electrons. The number of nitrogens with one attached hydrogen (secondary N) is 1. The van der Waals surface area contributed by atoms with Crippen molar-refractivity contribution in [3.05, 3.63) is 34.6 Å². The van der Waals surface area contributed by atoms with E-state index in [-0.39, 0.29) is 11.8 Å². The van der Waals surface area contributed by atoms with Gasteiger partial charge in [-0.15, -0.1) is 11.3 Å². The molecular formula is C16H24N4OS. The zero-order valence-corrected chi connectivity index (χ0v) is 14.6. The molecule has 2 aromatic rings. The van der Waals surface area contributed by atoms with E-state index in [9.17, 15) is 4.79 Å². The number of hydrogen-bond donors (Lipinski definition) is 2. The molecular weight excluding hydrogens is 296 g/mol. The number of nitrogens with two attached hydrogens (primary N) is 1. The van der Waals surface area contributed by atoms with Crippen molar-refractivity contribution in [1.82, 2.24) is 14.9 Å². The molecule has 2 heterocycles. The van der Waals surface area contributed by atoms with Crippen LogP contribution < -0.4 is 11.1 Å². The summed E-state index contributed by atoms with van der Waals surface area (Å²) in [6.07, 6.45) is 1.77. The maximum Gasteiger partial charge on any atom is 0.253 e. The Kier molecular flexibility index (Phi) is 4.72. The van der Waals surface area contributed by atoms with Crippen molar-refractivity contribution in [2.75, 3.05) is 6.54 Å². The van der Waals surface area contributed by atoms with Gasteiger partial charge in [-0.05, 0) is 32.8 Å². The van der Waals surface area contributed by atoms with Crippen molar-refractivity contribution in [3.63, 3.8) is 0 Å². The van der Waals surface area contributed by atoms with E-state index in [2.05, 4.69) is 24.1 Å². The van der Waals surface area contributed by atoms with Gasteiger partial charge in [0.05, 0.1) is 11.1 Å². The molecule has 0 saturated carbocycles. The van der Waals surface area contributed by atoms with Gasteiger partial charge in [0.2, 0.25) is 0 Å². The van der Waals surface area contributed by atoms with E-state index in [4.69, 9.17) is 5.73 Å². The summed E-state index contributed by atoms with van der Waals surface area (Å²) in [6.45, 7) is 10.4. The van der Waals surface area contributed by atoms with Crippen LogP contribution in [-0.2, 0) is 0 Å². The molecule has 120 valence electrons. The number of carbonyl (C=O) groups is 1. The van der Waals surface area contributed by atoms with E-state index in [0.29, 0.717) is 12.1 Å². The molecule has 3 N–H and O–H groups in total. The topological polar surface area (TPSA) is 72.9 Å². The van der Waals surface area contributed by atoms with Crippen molar-refractivity contribution in [3.8, 4) is 5.13 Å². The molecule has 0 aliphatic heterocycles. The Morgan fingerprint density at radius 2 is 2.18 bits per heavy atom. The molecule has 0 saturated heterocycles. The second-order valence-corrected chi connectivity index (χ2v) is 7.04. The SMILES string of the molecule is Cc1cc(C(=O)NC(C)(CN)C(C)C)c(C)n1-c1nccs1. The van der Waals surface area contributed by atoms with Crippen LogP contribution in [0.4, 0.5) is 0 Å². The van der Waals surface area contributed by atoms with Gasteiger partial charge in [0.1, 0.15) is 0 Å². The Hall–Kier alpha value is -1.66. The molecule has 1 unspecified atom stereocenters. The van der Waals surface area contributed by atoms with Crippen LogP contribution in [0.3, 0.4) is 0 Å². The van der Waals surface area contributed by atoms with Crippen LogP contribution in [0.5, 0.6) is 0 Å². The van der Waals surface area contributed by atoms with E-state index >= 15 is 0 Å². The Morgan fingerprint density at radius 1 is 1.50 bits per heavy atom. The highest BCUT2D eigenvalue weighted by atomic mass is 32.1. The minimum absolute atomic E-state index is 0.0856. The number of aromatic nitrogens is 2. The van der Waals surface area contributed by atoms with Crippen molar-refractivity contribution in [1.29, 1.82) is 0 Å². The number of amides is 1. The molecule has 0 spiro atoms. The predicted molar refractivity (Wildman–Crippen MR) is 90.7 cm³/mol. The summed E-state index contributed by atoms with van der Waals surface area (Å²) < 4.78 is 2.01. The molecule has 0 aliphatic rings. The van der Waals surface area contributed by atoms with Crippen LogP contribution in [0, 0.1) is 19.8 Å². The number of rotatable bonds is 5. The molecule has 2 aromatic heterocycles. The van der Waals surface area contributed by atoms with Crippen LogP contribution in [0.25, 0.3) is 5.13 Å². The summed E-state index contributed by atoms with van der Waals surface area (Å²) in [5.74, 6) is 0.168. The average molecular weight is 320 g/mol. The standard InChI is InChI=1S/C16H24N4OS/c1-10(2)16(5,9-17)19-14(21)13-8-11(3)20(12(13)4)15-18-6-7-22-15/h6-8,10H,9,17H2,1-5H3,(H,19,21). The molecule has 0 aliphatic carbocycles. The second kappa shape index (κ2) is 6.22. The highest BCUT2D eigenvalue weighted by Crippen LogP contribution is 2.23. The van der Waals surface area contributed by atoms with Crippen LogP contribution in [0.2, 0.25) is 0 Å². The summed E-state index contributed by atoms with van der Waals surface area (Å²) in [5.41, 5.74) is 8.01. The third kappa shape index (κ3) is 2.94. The van der Waals surface area contributed by atoms with Crippen molar-refractivity contribution >= 4 is 17.2 Å². The van der Waals surface area contributed by atoms with Crippen LogP contribution in [0.1, 0.15) is 42.5 Å². The third-order valence-corrected chi connectivity index (χ3v) is 5.14. The van der Waals surface area contributed by atoms with Crippen molar-refractivity contribution < 1.29 is 4.79 Å². The quantitative estimate of drug-likeness (QED) is 0.889. The van der Waals surface area contributed by atoms with Crippen LogP contribution in [0.15, 0.2) is 17.6 Å². The number of thiazole rings is 1. The maximum absolute atomic E-state index is 12.7. The highest BCUT2D eigenvalue weighted by Gasteiger charge is 2.30. The van der Waals surface area contributed by atoms with Gasteiger partial charge in [-0.3, -0.25) is 9.36 Å². The zero-order valence-electron chi connectivity index (χ0n) is 13.8. The van der Waals surface area contributed by atoms with Gasteiger partial charge in [0, 0.05) is 29.5 Å². The maximum atomic E-state index is 12.7. The van der Waals surface area contributed by atoms with E-state index < -0.39 is 5.54 Å². The fraction of sp³-hybridized carbons (Fsp3) is 0.500. The lowest BCUT2D eigenvalue weighted by Crippen LogP contribution is -2.55. The zero-order chi connectivity index (χ0) is 16.5. The minimum atomic E-state index is -0.416. The molecule has 1 amide bonds. The lowest BCUT2D eigenvalue weighted by atomic mass is 9.88. The first-order chi connectivity index (χ1) is 10.3. The van der Waals surface area contributed by atoms with Crippen molar-refractivity contribution in [2.45, 2.75) is 40.2 Å². The molecule has 22 heavy (non-hydrogen) atoms. The lowest BCUT2D eigenvalue weighted by Gasteiger charge is -2.33. The van der Waals surface area contributed by atoms with E-state index in [1.165, 1.54) is 0 Å². The Bertz CT molecular complexity index is 660. The van der Waals surface area contributed by atoms with Gasteiger partial charge >= 0.3 is 0 Å². The molecule has 5 nitrogen and oxygen atoms in total. The van der Waals surface area contributed by atoms with Gasteiger partial charge in [0.25, 0.3) is 5.91 Å². The van der Waals surface area contributed by atoms with Crippen molar-refractivity contribution in [2.24, 2.45) is 11.7 Å². The molecule has 1 atom stereocenters. The van der Waals surface area contributed by atoms with Gasteiger partial charge in [-0.25, -0.2) is 4.98 Å². The predicted octanol–water partition coefficient (Wildman–Crippen LogP) is 2.65. The van der Waals surface area contributed by atoms with Gasteiger partial charge in [-0.1, -0.05) is 13.8 Å².